The van der Waals surface area contributed by atoms with E-state index >= 15 is 0 Å². The molecule has 2 aromatic rings. The van der Waals surface area contributed by atoms with Crippen molar-refractivity contribution in [2.45, 2.75) is 13.0 Å². The zero-order valence-electron chi connectivity index (χ0n) is 10.6. The zero-order valence-corrected chi connectivity index (χ0v) is 10.6. The molecule has 0 aromatic heterocycles. The minimum absolute atomic E-state index is 0.707. The van der Waals surface area contributed by atoms with E-state index in [0.717, 1.165) is 25.2 Å². The van der Waals surface area contributed by atoms with Crippen LogP contribution in [-0.4, -0.2) is 6.54 Å². The molecule has 1 aliphatic rings. The number of fused-ring (bicyclic) bond motifs is 1. The van der Waals surface area contributed by atoms with E-state index in [1.807, 2.05) is 30.3 Å². The molecule has 94 valence electrons. The lowest BCUT2D eigenvalue weighted by molar-refractivity contribution is 0.836. The molecular weight excluding hydrogens is 234 g/mol. The smallest absolute Gasteiger partial charge is 0.0991 e. The molecular formula is C16H15N3. The fourth-order valence-electron chi connectivity index (χ4n) is 2.56. The lowest BCUT2D eigenvalue weighted by Gasteiger charge is -2.19. The van der Waals surface area contributed by atoms with Crippen LogP contribution < -0.4 is 10.6 Å². The molecule has 2 N–H and O–H groups in total. The molecule has 0 saturated carbocycles. The molecule has 0 saturated heterocycles. The van der Waals surface area contributed by atoms with Crippen LogP contribution in [-0.2, 0) is 13.0 Å². The molecule has 3 nitrogen and oxygen atoms in total. The van der Waals surface area contributed by atoms with Gasteiger partial charge in [0, 0.05) is 24.5 Å². The van der Waals surface area contributed by atoms with Crippen molar-refractivity contribution in [1.82, 2.24) is 0 Å². The van der Waals surface area contributed by atoms with Gasteiger partial charge in [-0.05, 0) is 47.9 Å². The second-order valence-corrected chi connectivity index (χ2v) is 4.87. The van der Waals surface area contributed by atoms with Crippen LogP contribution in [0.25, 0.3) is 0 Å². The fourth-order valence-corrected chi connectivity index (χ4v) is 2.56. The highest BCUT2D eigenvalue weighted by molar-refractivity contribution is 5.63. The third-order valence-electron chi connectivity index (χ3n) is 3.55. The monoisotopic (exact) mass is 249 g/mol. The van der Waals surface area contributed by atoms with Gasteiger partial charge in [-0.1, -0.05) is 12.1 Å². The first kappa shape index (κ1) is 11.6. The van der Waals surface area contributed by atoms with Crippen molar-refractivity contribution in [1.29, 1.82) is 5.26 Å². The van der Waals surface area contributed by atoms with Crippen molar-refractivity contribution in [2.24, 2.45) is 0 Å². The van der Waals surface area contributed by atoms with Crippen LogP contribution in [0.3, 0.4) is 0 Å². The molecule has 1 heterocycles. The summed E-state index contributed by atoms with van der Waals surface area (Å²) < 4.78 is 0. The molecule has 0 amide bonds. The van der Waals surface area contributed by atoms with Crippen LogP contribution in [0.2, 0.25) is 0 Å². The van der Waals surface area contributed by atoms with E-state index in [9.17, 15) is 0 Å². The summed E-state index contributed by atoms with van der Waals surface area (Å²) in [5.41, 5.74) is 11.2. The van der Waals surface area contributed by atoms with Crippen LogP contribution in [0.4, 0.5) is 11.4 Å². The molecule has 0 fully saturated rings. The number of nitrogens with two attached hydrogens (primary N) is 1. The molecule has 3 rings (SSSR count). The summed E-state index contributed by atoms with van der Waals surface area (Å²) in [6.45, 7) is 1.90. The summed E-state index contributed by atoms with van der Waals surface area (Å²) >= 11 is 0. The third kappa shape index (κ3) is 2.25. The van der Waals surface area contributed by atoms with Crippen LogP contribution >= 0.6 is 0 Å². The Hall–Kier alpha value is -2.47. The lowest BCUT2D eigenvalue weighted by Crippen LogP contribution is -2.19. The van der Waals surface area contributed by atoms with Gasteiger partial charge in [-0.3, -0.25) is 0 Å². The number of rotatable bonds is 2. The number of anilines is 2. The van der Waals surface area contributed by atoms with Gasteiger partial charge in [-0.15, -0.1) is 0 Å². The van der Waals surface area contributed by atoms with Gasteiger partial charge >= 0.3 is 0 Å². The van der Waals surface area contributed by atoms with Crippen molar-refractivity contribution in [3.05, 3.63) is 59.2 Å². The second-order valence-electron chi connectivity index (χ2n) is 4.87. The maximum Gasteiger partial charge on any atom is 0.0991 e. The maximum absolute atomic E-state index is 8.80. The summed E-state index contributed by atoms with van der Waals surface area (Å²) in [7, 11) is 0. The topological polar surface area (TPSA) is 53.0 Å². The average Bonchev–Trinajstić information content (AvgIpc) is 2.82. The van der Waals surface area contributed by atoms with E-state index in [2.05, 4.69) is 23.1 Å². The molecule has 0 unspecified atom stereocenters. The predicted octanol–water partition coefficient (Wildman–Crippen LogP) is 2.70. The molecule has 0 bridgehead atoms. The number of benzene rings is 2. The minimum Gasteiger partial charge on any atom is -0.399 e. The van der Waals surface area contributed by atoms with Gasteiger partial charge in [-0.2, -0.15) is 5.26 Å². The molecule has 1 aliphatic heterocycles. The van der Waals surface area contributed by atoms with E-state index in [4.69, 9.17) is 11.0 Å². The Kier molecular flexibility index (Phi) is 2.85. The largest absolute Gasteiger partial charge is 0.399 e. The highest BCUT2D eigenvalue weighted by atomic mass is 15.1. The minimum atomic E-state index is 0.707. The molecule has 2 aromatic carbocycles. The van der Waals surface area contributed by atoms with Gasteiger partial charge in [0.05, 0.1) is 11.6 Å². The maximum atomic E-state index is 8.80. The van der Waals surface area contributed by atoms with Crippen molar-refractivity contribution in [3.63, 3.8) is 0 Å². The average molecular weight is 249 g/mol. The van der Waals surface area contributed by atoms with Gasteiger partial charge < -0.3 is 10.6 Å². The van der Waals surface area contributed by atoms with E-state index in [1.165, 1.54) is 16.8 Å². The molecule has 19 heavy (non-hydrogen) atoms. The first-order valence-electron chi connectivity index (χ1n) is 6.38. The number of nitriles is 1. The van der Waals surface area contributed by atoms with E-state index in [-0.39, 0.29) is 0 Å². The van der Waals surface area contributed by atoms with Gasteiger partial charge in [0.25, 0.3) is 0 Å². The number of nitrogens with zero attached hydrogens (tertiary/aromatic N) is 2. The predicted molar refractivity (Wildman–Crippen MR) is 76.8 cm³/mol. The SMILES string of the molecule is N#Cc1ccc(CN2CCc3cc(N)ccc32)cc1. The van der Waals surface area contributed by atoms with Gasteiger partial charge in [0.1, 0.15) is 0 Å². The summed E-state index contributed by atoms with van der Waals surface area (Å²) in [5, 5.41) is 8.80. The third-order valence-corrected chi connectivity index (χ3v) is 3.55. The van der Waals surface area contributed by atoms with Crippen LogP contribution in [0.5, 0.6) is 0 Å². The van der Waals surface area contributed by atoms with Crippen molar-refractivity contribution in [3.8, 4) is 6.07 Å². The van der Waals surface area contributed by atoms with Crippen LogP contribution in [0.1, 0.15) is 16.7 Å². The first-order valence-corrected chi connectivity index (χ1v) is 6.38. The summed E-state index contributed by atoms with van der Waals surface area (Å²) in [6, 6.07) is 16.0. The summed E-state index contributed by atoms with van der Waals surface area (Å²) in [6.07, 6.45) is 1.05. The molecule has 0 radical (unpaired) electrons. The standard InChI is InChI=1S/C16H15N3/c17-10-12-1-3-13(4-2-12)11-19-8-7-14-9-15(18)5-6-16(14)19/h1-6,9H,7-8,11,18H2. The molecule has 0 spiro atoms. The van der Waals surface area contributed by atoms with Crippen LogP contribution in [0.15, 0.2) is 42.5 Å². The summed E-state index contributed by atoms with van der Waals surface area (Å²) in [5.74, 6) is 0. The Labute approximate surface area is 112 Å². The zero-order chi connectivity index (χ0) is 13.2. The Balaban J connectivity index is 1.80. The van der Waals surface area contributed by atoms with Crippen molar-refractivity contribution in [2.75, 3.05) is 17.2 Å². The van der Waals surface area contributed by atoms with Gasteiger partial charge in [-0.25, -0.2) is 0 Å². The van der Waals surface area contributed by atoms with Crippen molar-refractivity contribution >= 4 is 11.4 Å². The number of hydrogen-bond donors (Lipinski definition) is 1. The quantitative estimate of drug-likeness (QED) is 0.832. The number of nitrogen functional groups attached to an aromatic ring is 1. The highest BCUT2D eigenvalue weighted by Crippen LogP contribution is 2.30. The Morgan fingerprint density at radius 3 is 2.68 bits per heavy atom. The van der Waals surface area contributed by atoms with Gasteiger partial charge in [0.15, 0.2) is 0 Å². The summed E-state index contributed by atoms with van der Waals surface area (Å²) in [4.78, 5) is 2.36. The van der Waals surface area contributed by atoms with E-state index in [0.29, 0.717) is 5.56 Å². The second kappa shape index (κ2) is 4.66. The Bertz CT molecular complexity index is 638. The molecule has 3 heteroatoms. The highest BCUT2D eigenvalue weighted by Gasteiger charge is 2.18. The molecule has 0 atom stereocenters. The first-order chi connectivity index (χ1) is 9.26. The van der Waals surface area contributed by atoms with Crippen molar-refractivity contribution < 1.29 is 0 Å². The van der Waals surface area contributed by atoms with Crippen LogP contribution in [0, 0.1) is 11.3 Å². The number of hydrogen-bond acceptors (Lipinski definition) is 3. The Morgan fingerprint density at radius 2 is 1.95 bits per heavy atom. The van der Waals surface area contributed by atoms with Gasteiger partial charge in [0.2, 0.25) is 0 Å². The van der Waals surface area contributed by atoms with E-state index in [1.54, 1.807) is 0 Å². The molecule has 0 aliphatic carbocycles. The normalized spacial score (nSPS) is 13.1. The Morgan fingerprint density at radius 1 is 1.16 bits per heavy atom. The lowest BCUT2D eigenvalue weighted by atomic mass is 10.1. The van der Waals surface area contributed by atoms with E-state index < -0.39 is 0 Å². The fraction of sp³-hybridized carbons (Fsp3) is 0.188.